The number of hydrogen-bond acceptors (Lipinski definition) is 3. The summed E-state index contributed by atoms with van der Waals surface area (Å²) in [4.78, 5) is 12.4. The van der Waals surface area contributed by atoms with E-state index in [4.69, 9.17) is 4.74 Å². The molecule has 0 radical (unpaired) electrons. The number of methoxy groups -OCH3 is 1. The van der Waals surface area contributed by atoms with Crippen molar-refractivity contribution in [3.05, 3.63) is 59.7 Å². The Morgan fingerprint density at radius 1 is 1.08 bits per heavy atom. The quantitative estimate of drug-likeness (QED) is 0.806. The molecule has 128 valence electrons. The third kappa shape index (κ3) is 4.83. The van der Waals surface area contributed by atoms with Crippen LogP contribution in [0.5, 0.6) is 5.75 Å². The van der Waals surface area contributed by atoms with Crippen LogP contribution in [0.1, 0.15) is 37.4 Å². The largest absolute Gasteiger partial charge is 0.497 e. The van der Waals surface area contributed by atoms with Gasteiger partial charge in [0.15, 0.2) is 0 Å². The molecule has 0 spiro atoms. The van der Waals surface area contributed by atoms with Crippen LogP contribution in [0.15, 0.2) is 48.5 Å². The van der Waals surface area contributed by atoms with Crippen molar-refractivity contribution >= 4 is 11.6 Å². The summed E-state index contributed by atoms with van der Waals surface area (Å²) in [5, 5.41) is 6.35. The van der Waals surface area contributed by atoms with E-state index in [2.05, 4.69) is 17.6 Å². The molecule has 0 aromatic heterocycles. The highest BCUT2D eigenvalue weighted by molar-refractivity contribution is 5.94. The van der Waals surface area contributed by atoms with Crippen LogP contribution >= 0.6 is 0 Å². The van der Waals surface area contributed by atoms with Gasteiger partial charge in [-0.2, -0.15) is 0 Å². The summed E-state index contributed by atoms with van der Waals surface area (Å²) in [6.45, 7) is 6.01. The molecule has 0 saturated heterocycles. The fourth-order valence-electron chi connectivity index (χ4n) is 2.55. The molecule has 0 saturated carbocycles. The van der Waals surface area contributed by atoms with E-state index in [1.807, 2.05) is 62.4 Å². The van der Waals surface area contributed by atoms with Gasteiger partial charge in [0.05, 0.1) is 13.2 Å². The molecule has 0 aliphatic rings. The molecule has 2 aromatic carbocycles. The highest BCUT2D eigenvalue weighted by Crippen LogP contribution is 2.21. The highest BCUT2D eigenvalue weighted by Gasteiger charge is 2.18. The number of aryl methyl sites for hydroxylation is 1. The first-order chi connectivity index (χ1) is 11.5. The van der Waals surface area contributed by atoms with E-state index in [9.17, 15) is 4.79 Å². The number of nitrogens with one attached hydrogen (secondary N) is 2. The van der Waals surface area contributed by atoms with Gasteiger partial charge in [0.25, 0.3) is 0 Å². The minimum atomic E-state index is -0.293. The molecular weight excluding hydrogens is 300 g/mol. The molecule has 4 nitrogen and oxygen atoms in total. The summed E-state index contributed by atoms with van der Waals surface area (Å²) in [5.74, 6) is 0.796. The van der Waals surface area contributed by atoms with Crippen LogP contribution in [0, 0.1) is 6.92 Å². The van der Waals surface area contributed by atoms with Gasteiger partial charge in [0.1, 0.15) is 5.75 Å². The molecule has 2 aromatic rings. The van der Waals surface area contributed by atoms with Crippen molar-refractivity contribution in [1.29, 1.82) is 0 Å². The van der Waals surface area contributed by atoms with Crippen LogP contribution in [-0.2, 0) is 4.79 Å². The average Bonchev–Trinajstić information content (AvgIpc) is 2.61. The first kappa shape index (κ1) is 18.0. The Morgan fingerprint density at radius 3 is 2.25 bits per heavy atom. The van der Waals surface area contributed by atoms with E-state index in [0.29, 0.717) is 0 Å². The standard InChI is InChI=1S/C20H26N2O2/c1-5-19(16-8-12-18(24-4)13-9-16)21-15(3)20(23)22-17-10-6-14(2)7-11-17/h6-13,15,19,21H,5H2,1-4H3,(H,22,23)/t15-,19+/m1/s1. The number of benzene rings is 2. The van der Waals surface area contributed by atoms with E-state index in [1.165, 1.54) is 5.56 Å². The minimum absolute atomic E-state index is 0.0363. The Labute approximate surface area is 144 Å². The predicted octanol–water partition coefficient (Wildman–Crippen LogP) is 4.07. The molecule has 0 aliphatic heterocycles. The fraction of sp³-hybridized carbons (Fsp3) is 0.350. The summed E-state index contributed by atoms with van der Waals surface area (Å²) in [7, 11) is 1.65. The number of hydrogen-bond donors (Lipinski definition) is 2. The molecule has 24 heavy (non-hydrogen) atoms. The van der Waals surface area contributed by atoms with Crippen LogP contribution in [0.25, 0.3) is 0 Å². The molecule has 0 aliphatic carbocycles. The maximum atomic E-state index is 12.4. The first-order valence-electron chi connectivity index (χ1n) is 8.31. The van der Waals surface area contributed by atoms with Gasteiger partial charge >= 0.3 is 0 Å². The smallest absolute Gasteiger partial charge is 0.241 e. The summed E-state index contributed by atoms with van der Waals surface area (Å²) in [6, 6.07) is 15.6. The normalized spacial score (nSPS) is 13.2. The van der Waals surface area contributed by atoms with E-state index in [-0.39, 0.29) is 18.0 Å². The Hall–Kier alpha value is -2.33. The van der Waals surface area contributed by atoms with Gasteiger partial charge in [-0.3, -0.25) is 10.1 Å². The van der Waals surface area contributed by atoms with Crippen LogP contribution in [-0.4, -0.2) is 19.1 Å². The summed E-state index contributed by atoms with van der Waals surface area (Å²) >= 11 is 0. The second kappa shape index (κ2) is 8.50. The van der Waals surface area contributed by atoms with Gasteiger partial charge in [0.2, 0.25) is 5.91 Å². The Bertz CT molecular complexity index is 650. The second-order valence-corrected chi connectivity index (χ2v) is 5.98. The van der Waals surface area contributed by atoms with Crippen molar-refractivity contribution in [3.63, 3.8) is 0 Å². The number of ether oxygens (including phenoxy) is 1. The zero-order valence-corrected chi connectivity index (χ0v) is 14.8. The predicted molar refractivity (Wildman–Crippen MR) is 98.4 cm³/mol. The van der Waals surface area contributed by atoms with E-state index in [0.717, 1.165) is 23.4 Å². The van der Waals surface area contributed by atoms with Crippen molar-refractivity contribution in [1.82, 2.24) is 5.32 Å². The summed E-state index contributed by atoms with van der Waals surface area (Å²) in [5.41, 5.74) is 3.13. The third-order valence-electron chi connectivity index (χ3n) is 4.09. The van der Waals surface area contributed by atoms with Crippen LogP contribution < -0.4 is 15.4 Å². The van der Waals surface area contributed by atoms with E-state index >= 15 is 0 Å². The summed E-state index contributed by atoms with van der Waals surface area (Å²) < 4.78 is 5.19. The van der Waals surface area contributed by atoms with Crippen molar-refractivity contribution in [3.8, 4) is 5.75 Å². The van der Waals surface area contributed by atoms with Crippen molar-refractivity contribution < 1.29 is 9.53 Å². The van der Waals surface area contributed by atoms with Gasteiger partial charge in [-0.15, -0.1) is 0 Å². The third-order valence-corrected chi connectivity index (χ3v) is 4.09. The number of rotatable bonds is 7. The maximum Gasteiger partial charge on any atom is 0.241 e. The second-order valence-electron chi connectivity index (χ2n) is 5.98. The number of amides is 1. The SMILES string of the molecule is CC[C@H](N[C@H](C)C(=O)Nc1ccc(C)cc1)c1ccc(OC)cc1. The zero-order chi connectivity index (χ0) is 17.5. The van der Waals surface area contributed by atoms with E-state index < -0.39 is 0 Å². The summed E-state index contributed by atoms with van der Waals surface area (Å²) in [6.07, 6.45) is 0.897. The van der Waals surface area contributed by atoms with E-state index in [1.54, 1.807) is 7.11 Å². The number of anilines is 1. The highest BCUT2D eigenvalue weighted by atomic mass is 16.5. The number of carbonyl (C=O) groups is 1. The zero-order valence-electron chi connectivity index (χ0n) is 14.8. The monoisotopic (exact) mass is 326 g/mol. The van der Waals surface area contributed by atoms with Crippen LogP contribution in [0.2, 0.25) is 0 Å². The molecule has 1 amide bonds. The van der Waals surface area contributed by atoms with Gasteiger partial charge in [-0.05, 0) is 50.1 Å². The number of carbonyl (C=O) groups excluding carboxylic acids is 1. The molecule has 0 bridgehead atoms. The molecule has 2 atom stereocenters. The molecule has 0 fully saturated rings. The van der Waals surface area contributed by atoms with Gasteiger partial charge < -0.3 is 10.1 Å². The topological polar surface area (TPSA) is 50.4 Å². The lowest BCUT2D eigenvalue weighted by Crippen LogP contribution is -2.40. The van der Waals surface area contributed by atoms with Gasteiger partial charge in [0, 0.05) is 11.7 Å². The molecule has 2 rings (SSSR count). The Kier molecular flexibility index (Phi) is 6.38. The fourth-order valence-corrected chi connectivity index (χ4v) is 2.55. The Balaban J connectivity index is 1.98. The van der Waals surface area contributed by atoms with Gasteiger partial charge in [-0.1, -0.05) is 36.8 Å². The van der Waals surface area contributed by atoms with Crippen LogP contribution in [0.4, 0.5) is 5.69 Å². The average molecular weight is 326 g/mol. The molecule has 0 unspecified atom stereocenters. The lowest BCUT2D eigenvalue weighted by atomic mass is 10.0. The lowest BCUT2D eigenvalue weighted by molar-refractivity contribution is -0.118. The van der Waals surface area contributed by atoms with Crippen molar-refractivity contribution in [2.75, 3.05) is 12.4 Å². The van der Waals surface area contributed by atoms with Gasteiger partial charge in [-0.25, -0.2) is 0 Å². The van der Waals surface area contributed by atoms with Crippen LogP contribution in [0.3, 0.4) is 0 Å². The maximum absolute atomic E-state index is 12.4. The molecular formula is C20H26N2O2. The molecule has 4 heteroatoms. The molecule has 2 N–H and O–H groups in total. The first-order valence-corrected chi connectivity index (χ1v) is 8.31. The van der Waals surface area contributed by atoms with Crippen molar-refractivity contribution in [2.45, 2.75) is 39.3 Å². The lowest BCUT2D eigenvalue weighted by Gasteiger charge is -2.22. The van der Waals surface area contributed by atoms with Crippen molar-refractivity contribution in [2.24, 2.45) is 0 Å². The minimum Gasteiger partial charge on any atom is -0.497 e. The Morgan fingerprint density at radius 2 is 1.71 bits per heavy atom. The molecule has 0 heterocycles.